The van der Waals surface area contributed by atoms with Crippen molar-refractivity contribution in [1.29, 1.82) is 0 Å². The van der Waals surface area contributed by atoms with E-state index in [-0.39, 0.29) is 12.1 Å². The molecule has 31 heavy (non-hydrogen) atoms. The third kappa shape index (κ3) is 4.69. The van der Waals surface area contributed by atoms with Gasteiger partial charge >= 0.3 is 6.03 Å². The Balaban J connectivity index is 1.54. The number of nitrogens with one attached hydrogen (secondary N) is 3. The van der Waals surface area contributed by atoms with Gasteiger partial charge in [-0.25, -0.2) is 14.8 Å². The van der Waals surface area contributed by atoms with E-state index in [0.717, 1.165) is 16.6 Å². The molecule has 0 aliphatic carbocycles. The highest BCUT2D eigenvalue weighted by atomic mass is 16.2. The predicted octanol–water partition coefficient (Wildman–Crippen LogP) is 4.30. The Kier molecular flexibility index (Phi) is 5.89. The number of imidazole rings is 1. The van der Waals surface area contributed by atoms with Crippen LogP contribution in [0.15, 0.2) is 79.8 Å². The van der Waals surface area contributed by atoms with Gasteiger partial charge in [-0.2, -0.15) is 4.98 Å². The lowest BCUT2D eigenvalue weighted by Gasteiger charge is -2.14. The summed E-state index contributed by atoms with van der Waals surface area (Å²) >= 11 is 0. The van der Waals surface area contributed by atoms with E-state index in [1.807, 2.05) is 47.0 Å². The zero-order valence-corrected chi connectivity index (χ0v) is 17.1. The van der Waals surface area contributed by atoms with Crippen LogP contribution in [0.4, 0.5) is 16.4 Å². The molecule has 2 amide bonds. The van der Waals surface area contributed by atoms with Crippen LogP contribution in [0.2, 0.25) is 0 Å². The number of carbonyl (C=O) groups excluding carboxylic acids is 1. The zero-order chi connectivity index (χ0) is 21.6. The fraction of sp³-hybridized carbons (Fsp3) is 0.130. The van der Waals surface area contributed by atoms with E-state index >= 15 is 0 Å². The van der Waals surface area contributed by atoms with Crippen molar-refractivity contribution in [3.8, 4) is 5.82 Å². The first-order valence-corrected chi connectivity index (χ1v) is 9.92. The number of amides is 2. The summed E-state index contributed by atoms with van der Waals surface area (Å²) in [6, 6.07) is 17.3. The minimum absolute atomic E-state index is 0.0665. The van der Waals surface area contributed by atoms with E-state index in [1.54, 1.807) is 18.6 Å². The molecule has 0 fully saturated rings. The lowest BCUT2D eigenvalue weighted by Crippen LogP contribution is -2.28. The van der Waals surface area contributed by atoms with Gasteiger partial charge in [0.1, 0.15) is 12.1 Å². The Labute approximate surface area is 180 Å². The number of urea groups is 1. The Bertz CT molecular complexity index is 1200. The van der Waals surface area contributed by atoms with Crippen LogP contribution in [0.25, 0.3) is 16.9 Å². The van der Waals surface area contributed by atoms with Crippen LogP contribution in [-0.4, -0.2) is 32.1 Å². The summed E-state index contributed by atoms with van der Waals surface area (Å²) < 4.78 is 1.89. The first-order valence-electron chi connectivity index (χ1n) is 9.92. The van der Waals surface area contributed by atoms with E-state index < -0.39 is 0 Å². The second-order valence-electron chi connectivity index (χ2n) is 6.96. The van der Waals surface area contributed by atoms with E-state index in [0.29, 0.717) is 24.0 Å². The van der Waals surface area contributed by atoms with Gasteiger partial charge < -0.3 is 16.0 Å². The lowest BCUT2D eigenvalue weighted by atomic mass is 10.1. The SMILES string of the molecule is C=CCNC(=O)Nc1ccc2c(c1)ncn2-c1ccnc(N[C@@H](C)c2ccccc2)n1. The Morgan fingerprint density at radius 2 is 2.00 bits per heavy atom. The van der Waals surface area contributed by atoms with E-state index in [1.165, 1.54) is 0 Å². The third-order valence-electron chi connectivity index (χ3n) is 4.74. The molecule has 2 aromatic heterocycles. The molecule has 2 heterocycles. The molecular formula is C23H23N7O. The van der Waals surface area contributed by atoms with Crippen LogP contribution in [0.1, 0.15) is 18.5 Å². The van der Waals surface area contributed by atoms with Gasteiger partial charge in [0, 0.05) is 18.4 Å². The van der Waals surface area contributed by atoms with Crippen LogP contribution < -0.4 is 16.0 Å². The highest BCUT2D eigenvalue weighted by molar-refractivity contribution is 5.92. The molecule has 3 N–H and O–H groups in total. The van der Waals surface area contributed by atoms with Gasteiger partial charge in [0.15, 0.2) is 0 Å². The number of rotatable bonds is 7. The van der Waals surface area contributed by atoms with Crippen LogP contribution in [0.3, 0.4) is 0 Å². The van der Waals surface area contributed by atoms with Crippen molar-refractivity contribution in [1.82, 2.24) is 24.8 Å². The Morgan fingerprint density at radius 1 is 1.16 bits per heavy atom. The second kappa shape index (κ2) is 9.08. The van der Waals surface area contributed by atoms with Crippen molar-refractivity contribution in [2.24, 2.45) is 0 Å². The molecule has 0 aliphatic rings. The van der Waals surface area contributed by atoms with Crippen LogP contribution >= 0.6 is 0 Å². The molecule has 8 heteroatoms. The van der Waals surface area contributed by atoms with E-state index in [2.05, 4.69) is 56.5 Å². The second-order valence-corrected chi connectivity index (χ2v) is 6.96. The minimum Gasteiger partial charge on any atom is -0.348 e. The number of anilines is 2. The highest BCUT2D eigenvalue weighted by Gasteiger charge is 2.11. The van der Waals surface area contributed by atoms with Crippen molar-refractivity contribution in [2.75, 3.05) is 17.2 Å². The first kappa shape index (κ1) is 20.1. The zero-order valence-electron chi connectivity index (χ0n) is 17.1. The summed E-state index contributed by atoms with van der Waals surface area (Å²) in [6.07, 6.45) is 5.04. The molecule has 4 rings (SSSR count). The molecule has 4 aromatic rings. The number of aromatic nitrogens is 4. The summed E-state index contributed by atoms with van der Waals surface area (Å²) in [5, 5.41) is 8.80. The van der Waals surface area contributed by atoms with Gasteiger partial charge in [-0.15, -0.1) is 6.58 Å². The molecule has 156 valence electrons. The third-order valence-corrected chi connectivity index (χ3v) is 4.74. The summed E-state index contributed by atoms with van der Waals surface area (Å²) in [4.78, 5) is 25.3. The molecule has 0 aliphatic heterocycles. The molecule has 8 nitrogen and oxygen atoms in total. The fourth-order valence-corrected chi connectivity index (χ4v) is 3.18. The van der Waals surface area contributed by atoms with Gasteiger partial charge in [-0.05, 0) is 36.8 Å². The lowest BCUT2D eigenvalue weighted by molar-refractivity contribution is 0.253. The molecule has 0 saturated carbocycles. The average Bonchev–Trinajstić information content (AvgIpc) is 3.22. The Morgan fingerprint density at radius 3 is 2.81 bits per heavy atom. The van der Waals surface area contributed by atoms with Crippen molar-refractivity contribution in [3.63, 3.8) is 0 Å². The van der Waals surface area contributed by atoms with Gasteiger partial charge in [0.05, 0.1) is 17.1 Å². The first-order chi connectivity index (χ1) is 15.1. The number of fused-ring (bicyclic) bond motifs is 1. The molecule has 0 bridgehead atoms. The van der Waals surface area contributed by atoms with E-state index in [9.17, 15) is 4.79 Å². The van der Waals surface area contributed by atoms with Crippen molar-refractivity contribution < 1.29 is 4.79 Å². The fourth-order valence-electron chi connectivity index (χ4n) is 3.18. The number of nitrogens with zero attached hydrogens (tertiary/aromatic N) is 4. The van der Waals surface area contributed by atoms with Crippen LogP contribution in [-0.2, 0) is 0 Å². The van der Waals surface area contributed by atoms with Gasteiger partial charge in [-0.3, -0.25) is 4.57 Å². The normalized spacial score (nSPS) is 11.6. The van der Waals surface area contributed by atoms with Crippen molar-refractivity contribution in [2.45, 2.75) is 13.0 Å². The van der Waals surface area contributed by atoms with Gasteiger partial charge in [0.25, 0.3) is 0 Å². The summed E-state index contributed by atoms with van der Waals surface area (Å²) in [5.41, 5.74) is 3.42. The standard InChI is InChI=1S/C23H23N7O/c1-3-12-25-23(31)28-18-9-10-20-19(14-18)26-15-30(20)21-11-13-24-22(29-21)27-16(2)17-7-5-4-6-8-17/h3-11,13-16H,1,12H2,2H3,(H,24,27,29)(H2,25,28,31)/t16-/m0/s1. The minimum atomic E-state index is -0.294. The summed E-state index contributed by atoms with van der Waals surface area (Å²) in [5.74, 6) is 1.23. The smallest absolute Gasteiger partial charge is 0.319 e. The van der Waals surface area contributed by atoms with Gasteiger partial charge in [-0.1, -0.05) is 36.4 Å². The largest absolute Gasteiger partial charge is 0.348 e. The maximum absolute atomic E-state index is 11.8. The molecule has 0 spiro atoms. The molecule has 0 saturated heterocycles. The quantitative estimate of drug-likeness (QED) is 0.393. The molecule has 0 radical (unpaired) electrons. The van der Waals surface area contributed by atoms with Crippen LogP contribution in [0, 0.1) is 0 Å². The number of benzene rings is 2. The number of hydrogen-bond acceptors (Lipinski definition) is 5. The molecule has 0 unspecified atom stereocenters. The van der Waals surface area contributed by atoms with Crippen molar-refractivity contribution >= 4 is 28.7 Å². The number of carbonyl (C=O) groups is 1. The maximum Gasteiger partial charge on any atom is 0.319 e. The monoisotopic (exact) mass is 413 g/mol. The van der Waals surface area contributed by atoms with Gasteiger partial charge in [0.2, 0.25) is 5.95 Å². The molecular weight excluding hydrogens is 390 g/mol. The Hall–Kier alpha value is -4.20. The van der Waals surface area contributed by atoms with Crippen molar-refractivity contribution in [3.05, 3.63) is 85.3 Å². The molecule has 1 atom stereocenters. The summed E-state index contributed by atoms with van der Waals surface area (Å²) in [7, 11) is 0. The summed E-state index contributed by atoms with van der Waals surface area (Å²) in [6.45, 7) is 6.04. The highest BCUT2D eigenvalue weighted by Crippen LogP contribution is 2.22. The predicted molar refractivity (Wildman–Crippen MR) is 122 cm³/mol. The average molecular weight is 413 g/mol. The topological polar surface area (TPSA) is 96.8 Å². The maximum atomic E-state index is 11.8. The molecule has 2 aromatic carbocycles. The number of hydrogen-bond donors (Lipinski definition) is 3. The van der Waals surface area contributed by atoms with Crippen LogP contribution in [0.5, 0.6) is 0 Å². The van der Waals surface area contributed by atoms with E-state index in [4.69, 9.17) is 0 Å².